The number of hydrogen-bond acceptors (Lipinski definition) is 7. The predicted octanol–water partition coefficient (Wildman–Crippen LogP) is 1.60. The Morgan fingerprint density at radius 2 is 2.10 bits per heavy atom. The number of nitrogens with zero attached hydrogens (tertiary/aromatic N) is 4. The third kappa shape index (κ3) is 3.53. The molecule has 0 unspecified atom stereocenters. The predicted molar refractivity (Wildman–Crippen MR) is 77.3 cm³/mol. The van der Waals surface area contributed by atoms with Crippen LogP contribution in [0.25, 0.3) is 0 Å². The van der Waals surface area contributed by atoms with Gasteiger partial charge in [0.05, 0.1) is 11.5 Å². The number of hydrogen-bond donors (Lipinski definition) is 1. The lowest BCUT2D eigenvalue weighted by atomic mass is 10.2. The minimum Gasteiger partial charge on any atom is -0.383 e. The second-order valence-electron chi connectivity index (χ2n) is 4.59. The second-order valence-corrected chi connectivity index (χ2v) is 4.59. The molecule has 0 aliphatic rings. The average Bonchev–Trinajstić information content (AvgIpc) is 2.37. The van der Waals surface area contributed by atoms with Crippen molar-refractivity contribution in [2.75, 3.05) is 37.5 Å². The standard InChI is InChI=1S/C12H21N5O3/c1-8(2)16(6-7-20-5)11-10(17(18)19)9(3)14-12(13-4)15-11/h8H,6-7H2,1-5H3,(H,13,14,15). The topological polar surface area (TPSA) is 93.4 Å². The molecule has 0 aliphatic heterocycles. The van der Waals surface area contributed by atoms with Gasteiger partial charge in [-0.05, 0) is 20.8 Å². The van der Waals surface area contributed by atoms with Gasteiger partial charge in [-0.25, -0.2) is 4.98 Å². The lowest BCUT2D eigenvalue weighted by Crippen LogP contribution is -2.35. The molecule has 0 amide bonds. The molecule has 0 saturated carbocycles. The molecule has 0 aromatic carbocycles. The monoisotopic (exact) mass is 283 g/mol. The number of aromatic nitrogens is 2. The molecular formula is C12H21N5O3. The molecule has 0 bridgehead atoms. The van der Waals surface area contributed by atoms with Crippen molar-refractivity contribution < 1.29 is 9.66 Å². The molecule has 1 aromatic rings. The maximum atomic E-state index is 11.3. The van der Waals surface area contributed by atoms with Gasteiger partial charge in [-0.3, -0.25) is 10.1 Å². The van der Waals surface area contributed by atoms with Crippen LogP contribution in [-0.2, 0) is 4.74 Å². The summed E-state index contributed by atoms with van der Waals surface area (Å²) < 4.78 is 5.06. The van der Waals surface area contributed by atoms with Crippen molar-refractivity contribution in [2.45, 2.75) is 26.8 Å². The molecule has 112 valence electrons. The first kappa shape index (κ1) is 16.1. The Bertz CT molecular complexity index is 478. The first-order chi connectivity index (χ1) is 9.42. The van der Waals surface area contributed by atoms with E-state index in [2.05, 4.69) is 15.3 Å². The third-order valence-electron chi connectivity index (χ3n) is 2.88. The Labute approximate surface area is 118 Å². The van der Waals surface area contributed by atoms with Gasteiger partial charge in [0.15, 0.2) is 0 Å². The summed E-state index contributed by atoms with van der Waals surface area (Å²) in [5.74, 6) is 0.685. The van der Waals surface area contributed by atoms with Crippen LogP contribution in [0.4, 0.5) is 17.5 Å². The van der Waals surface area contributed by atoms with E-state index in [1.54, 1.807) is 21.1 Å². The van der Waals surface area contributed by atoms with Crippen LogP contribution >= 0.6 is 0 Å². The van der Waals surface area contributed by atoms with Crippen molar-refractivity contribution in [3.63, 3.8) is 0 Å². The summed E-state index contributed by atoms with van der Waals surface area (Å²) in [6.07, 6.45) is 0. The van der Waals surface area contributed by atoms with Crippen LogP contribution < -0.4 is 10.2 Å². The fourth-order valence-corrected chi connectivity index (χ4v) is 1.88. The average molecular weight is 283 g/mol. The van der Waals surface area contributed by atoms with Gasteiger partial charge in [0.2, 0.25) is 11.8 Å². The maximum Gasteiger partial charge on any atom is 0.332 e. The smallest absolute Gasteiger partial charge is 0.332 e. The van der Waals surface area contributed by atoms with Gasteiger partial charge in [0, 0.05) is 26.7 Å². The summed E-state index contributed by atoms with van der Waals surface area (Å²) in [7, 11) is 3.27. The first-order valence-electron chi connectivity index (χ1n) is 6.38. The van der Waals surface area contributed by atoms with Crippen molar-refractivity contribution >= 4 is 17.5 Å². The third-order valence-corrected chi connectivity index (χ3v) is 2.88. The molecule has 0 saturated heterocycles. The van der Waals surface area contributed by atoms with E-state index in [9.17, 15) is 10.1 Å². The van der Waals surface area contributed by atoms with Crippen LogP contribution in [0.15, 0.2) is 0 Å². The van der Waals surface area contributed by atoms with Crippen molar-refractivity contribution in [3.05, 3.63) is 15.8 Å². The Kier molecular flexibility index (Phi) is 5.63. The zero-order valence-corrected chi connectivity index (χ0v) is 12.5. The highest BCUT2D eigenvalue weighted by Gasteiger charge is 2.27. The van der Waals surface area contributed by atoms with Crippen LogP contribution in [0.3, 0.4) is 0 Å². The highest BCUT2D eigenvalue weighted by Crippen LogP contribution is 2.30. The van der Waals surface area contributed by atoms with Gasteiger partial charge in [-0.1, -0.05) is 0 Å². The fourth-order valence-electron chi connectivity index (χ4n) is 1.88. The number of nitro groups is 1. The minimum absolute atomic E-state index is 0.0582. The Balaban J connectivity index is 3.36. The van der Waals surface area contributed by atoms with E-state index >= 15 is 0 Å². The molecule has 0 aliphatic carbocycles. The van der Waals surface area contributed by atoms with Gasteiger partial charge >= 0.3 is 5.69 Å². The van der Waals surface area contributed by atoms with Crippen molar-refractivity contribution in [1.29, 1.82) is 0 Å². The Morgan fingerprint density at radius 1 is 1.45 bits per heavy atom. The van der Waals surface area contributed by atoms with Crippen LogP contribution in [0.5, 0.6) is 0 Å². The van der Waals surface area contributed by atoms with E-state index in [0.717, 1.165) is 0 Å². The van der Waals surface area contributed by atoms with E-state index in [1.807, 2.05) is 18.7 Å². The van der Waals surface area contributed by atoms with Crippen LogP contribution in [0, 0.1) is 17.0 Å². The molecule has 0 radical (unpaired) electrons. The number of aryl methyl sites for hydroxylation is 1. The summed E-state index contributed by atoms with van der Waals surface area (Å²) in [6, 6.07) is 0.0582. The lowest BCUT2D eigenvalue weighted by Gasteiger charge is -2.27. The van der Waals surface area contributed by atoms with Crippen LogP contribution in [-0.4, -0.2) is 48.2 Å². The quantitative estimate of drug-likeness (QED) is 0.600. The molecule has 1 rings (SSSR count). The van der Waals surface area contributed by atoms with Crippen LogP contribution in [0.2, 0.25) is 0 Å². The van der Waals surface area contributed by atoms with Gasteiger partial charge in [-0.2, -0.15) is 4.98 Å². The highest BCUT2D eigenvalue weighted by atomic mass is 16.6. The molecular weight excluding hydrogens is 262 g/mol. The number of nitrogens with one attached hydrogen (secondary N) is 1. The fraction of sp³-hybridized carbons (Fsp3) is 0.667. The van der Waals surface area contributed by atoms with Gasteiger partial charge in [0.1, 0.15) is 5.69 Å². The van der Waals surface area contributed by atoms with E-state index in [0.29, 0.717) is 30.6 Å². The number of anilines is 2. The second kappa shape index (κ2) is 6.99. The van der Waals surface area contributed by atoms with Gasteiger partial charge < -0.3 is 15.0 Å². The summed E-state index contributed by atoms with van der Waals surface area (Å²) >= 11 is 0. The summed E-state index contributed by atoms with van der Waals surface area (Å²) in [5.41, 5.74) is 0.279. The van der Waals surface area contributed by atoms with E-state index < -0.39 is 4.92 Å². The van der Waals surface area contributed by atoms with Gasteiger partial charge in [-0.15, -0.1) is 0 Å². The highest BCUT2D eigenvalue weighted by molar-refractivity contribution is 5.62. The van der Waals surface area contributed by atoms with Crippen LogP contribution in [0.1, 0.15) is 19.5 Å². The minimum atomic E-state index is -0.438. The maximum absolute atomic E-state index is 11.3. The van der Waals surface area contributed by atoms with Crippen molar-refractivity contribution in [2.24, 2.45) is 0 Å². The summed E-state index contributed by atoms with van der Waals surface area (Å²) in [5, 5.41) is 14.1. The molecule has 8 nitrogen and oxygen atoms in total. The lowest BCUT2D eigenvalue weighted by molar-refractivity contribution is -0.385. The van der Waals surface area contributed by atoms with Crippen molar-refractivity contribution in [1.82, 2.24) is 9.97 Å². The van der Waals surface area contributed by atoms with E-state index in [-0.39, 0.29) is 11.7 Å². The Hall–Kier alpha value is -1.96. The molecule has 1 aromatic heterocycles. The molecule has 0 fully saturated rings. The molecule has 20 heavy (non-hydrogen) atoms. The van der Waals surface area contributed by atoms with Gasteiger partial charge in [0.25, 0.3) is 0 Å². The summed E-state index contributed by atoms with van der Waals surface area (Å²) in [4.78, 5) is 21.0. The zero-order chi connectivity index (χ0) is 15.3. The zero-order valence-electron chi connectivity index (χ0n) is 12.5. The number of rotatable bonds is 7. The summed E-state index contributed by atoms with van der Waals surface area (Å²) in [6.45, 7) is 6.51. The van der Waals surface area contributed by atoms with E-state index in [1.165, 1.54) is 0 Å². The molecule has 8 heteroatoms. The molecule has 1 N–H and O–H groups in total. The SMILES string of the molecule is CNc1nc(C)c([N+](=O)[O-])c(N(CCOC)C(C)C)n1. The normalized spacial score (nSPS) is 10.7. The Morgan fingerprint density at radius 3 is 2.55 bits per heavy atom. The molecule has 0 spiro atoms. The largest absolute Gasteiger partial charge is 0.383 e. The van der Waals surface area contributed by atoms with E-state index in [4.69, 9.17) is 4.74 Å². The molecule has 1 heterocycles. The first-order valence-corrected chi connectivity index (χ1v) is 6.38. The van der Waals surface area contributed by atoms with Crippen molar-refractivity contribution in [3.8, 4) is 0 Å². The number of methoxy groups -OCH3 is 1. The number of ether oxygens (including phenoxy) is 1. The molecule has 0 atom stereocenters.